The summed E-state index contributed by atoms with van der Waals surface area (Å²) in [6.45, 7) is 5.92. The Balaban J connectivity index is 1.84. The van der Waals surface area contributed by atoms with Crippen molar-refractivity contribution in [1.29, 1.82) is 0 Å². The fourth-order valence-corrected chi connectivity index (χ4v) is 2.46. The second kappa shape index (κ2) is 9.52. The minimum atomic E-state index is -0.324. The molecule has 0 spiro atoms. The lowest BCUT2D eigenvalue weighted by molar-refractivity contribution is -0.124. The number of aryl methyl sites for hydroxylation is 2. The minimum Gasteiger partial charge on any atom is -0.508 e. The second-order valence-electron chi connectivity index (χ2n) is 6.34. The number of carbonyl (C=O) groups excluding carboxylic acids is 2. The number of benzene rings is 2. The van der Waals surface area contributed by atoms with Gasteiger partial charge in [0, 0.05) is 18.5 Å². The third kappa shape index (κ3) is 6.26. The Hall–Kier alpha value is -3.15. The summed E-state index contributed by atoms with van der Waals surface area (Å²) in [5.41, 5.74) is 6.99. The molecule has 6 nitrogen and oxygen atoms in total. The van der Waals surface area contributed by atoms with E-state index in [-0.39, 0.29) is 30.4 Å². The highest BCUT2D eigenvalue weighted by molar-refractivity contribution is 6.01. The number of rotatable bonds is 7. The molecule has 2 amide bonds. The number of hydrazone groups is 1. The van der Waals surface area contributed by atoms with Gasteiger partial charge >= 0.3 is 0 Å². The van der Waals surface area contributed by atoms with Crippen LogP contribution in [-0.2, 0) is 9.59 Å². The molecular formula is C21H25N3O3. The molecule has 0 saturated heterocycles. The van der Waals surface area contributed by atoms with Crippen LogP contribution in [0.3, 0.4) is 0 Å². The summed E-state index contributed by atoms with van der Waals surface area (Å²) < 4.78 is 0. The van der Waals surface area contributed by atoms with Crippen molar-refractivity contribution in [3.63, 3.8) is 0 Å². The zero-order chi connectivity index (χ0) is 19.8. The quantitative estimate of drug-likeness (QED) is 0.515. The van der Waals surface area contributed by atoms with Gasteiger partial charge in [-0.25, -0.2) is 5.43 Å². The Labute approximate surface area is 159 Å². The highest BCUT2D eigenvalue weighted by Gasteiger charge is 2.08. The Morgan fingerprint density at radius 3 is 2.26 bits per heavy atom. The number of hydrogen-bond acceptors (Lipinski definition) is 4. The van der Waals surface area contributed by atoms with Gasteiger partial charge in [-0.1, -0.05) is 13.0 Å². The van der Waals surface area contributed by atoms with Crippen LogP contribution in [0.1, 0.15) is 42.9 Å². The highest BCUT2D eigenvalue weighted by Crippen LogP contribution is 2.14. The van der Waals surface area contributed by atoms with Crippen molar-refractivity contribution in [3.8, 4) is 5.75 Å². The molecule has 142 valence electrons. The van der Waals surface area contributed by atoms with Gasteiger partial charge in [0.15, 0.2) is 0 Å². The number of carbonyl (C=O) groups is 2. The molecule has 2 aromatic rings. The Bertz CT molecular complexity index is 842. The predicted molar refractivity (Wildman–Crippen MR) is 107 cm³/mol. The molecule has 27 heavy (non-hydrogen) atoms. The first kappa shape index (κ1) is 20.2. The van der Waals surface area contributed by atoms with Crippen molar-refractivity contribution in [1.82, 2.24) is 5.43 Å². The molecule has 0 atom stereocenters. The molecule has 6 heteroatoms. The van der Waals surface area contributed by atoms with Crippen LogP contribution < -0.4 is 10.7 Å². The fraction of sp³-hybridized carbons (Fsp3) is 0.286. The minimum absolute atomic E-state index is 0.0484. The zero-order valence-corrected chi connectivity index (χ0v) is 15.9. The SMILES string of the molecule is CCC(=NNC(=O)CCC(=O)Nc1ccc(C)c(C)c1)c1ccc(O)cc1. The van der Waals surface area contributed by atoms with E-state index in [0.29, 0.717) is 12.1 Å². The standard InChI is InChI=1S/C21H25N3O3/c1-4-19(16-6-9-18(25)10-7-16)23-24-21(27)12-11-20(26)22-17-8-5-14(2)15(3)13-17/h5-10,13,25H,4,11-12H2,1-3H3,(H,22,26)(H,24,27). The molecule has 0 heterocycles. The molecule has 0 aromatic heterocycles. The van der Waals surface area contributed by atoms with Gasteiger partial charge in [0.2, 0.25) is 11.8 Å². The number of nitrogens with one attached hydrogen (secondary N) is 2. The van der Waals surface area contributed by atoms with Gasteiger partial charge in [0.05, 0.1) is 5.71 Å². The predicted octanol–water partition coefficient (Wildman–Crippen LogP) is 3.66. The van der Waals surface area contributed by atoms with Crippen LogP contribution >= 0.6 is 0 Å². The first-order valence-electron chi connectivity index (χ1n) is 8.91. The van der Waals surface area contributed by atoms with Crippen LogP contribution in [0.25, 0.3) is 0 Å². The van der Waals surface area contributed by atoms with Gasteiger partial charge in [-0.15, -0.1) is 0 Å². The molecular weight excluding hydrogens is 342 g/mol. The number of hydrogen-bond donors (Lipinski definition) is 3. The third-order valence-corrected chi connectivity index (χ3v) is 4.22. The largest absolute Gasteiger partial charge is 0.508 e. The molecule has 3 N–H and O–H groups in total. The molecule has 2 aromatic carbocycles. The summed E-state index contributed by atoms with van der Waals surface area (Å²) in [4.78, 5) is 24.0. The lowest BCUT2D eigenvalue weighted by Gasteiger charge is -2.08. The lowest BCUT2D eigenvalue weighted by atomic mass is 10.1. The maximum atomic E-state index is 12.0. The van der Waals surface area contributed by atoms with Crippen LogP contribution in [-0.4, -0.2) is 22.6 Å². The zero-order valence-electron chi connectivity index (χ0n) is 15.9. The number of aromatic hydroxyl groups is 1. The molecule has 0 unspecified atom stereocenters. The van der Waals surface area contributed by atoms with E-state index in [4.69, 9.17) is 0 Å². The normalized spacial score (nSPS) is 11.1. The third-order valence-electron chi connectivity index (χ3n) is 4.22. The Morgan fingerprint density at radius 2 is 1.63 bits per heavy atom. The van der Waals surface area contributed by atoms with Crippen molar-refractivity contribution in [2.24, 2.45) is 5.10 Å². The van der Waals surface area contributed by atoms with Crippen molar-refractivity contribution in [2.75, 3.05) is 5.32 Å². The van der Waals surface area contributed by atoms with E-state index in [1.807, 2.05) is 39.0 Å². The highest BCUT2D eigenvalue weighted by atomic mass is 16.3. The number of phenols is 1. The monoisotopic (exact) mass is 367 g/mol. The number of phenolic OH excluding ortho intramolecular Hbond substituents is 1. The van der Waals surface area contributed by atoms with E-state index in [1.165, 1.54) is 0 Å². The Kier molecular flexibility index (Phi) is 7.11. The molecule has 0 aliphatic carbocycles. The molecule has 0 radical (unpaired) electrons. The van der Waals surface area contributed by atoms with Gasteiger partial charge in [-0.05, 0) is 73.4 Å². The molecule has 0 saturated carbocycles. The number of anilines is 1. The first-order valence-corrected chi connectivity index (χ1v) is 8.91. The Morgan fingerprint density at radius 1 is 0.963 bits per heavy atom. The van der Waals surface area contributed by atoms with Gasteiger partial charge in [-0.2, -0.15) is 5.10 Å². The average Bonchev–Trinajstić information content (AvgIpc) is 2.65. The van der Waals surface area contributed by atoms with Gasteiger partial charge in [0.1, 0.15) is 5.75 Å². The first-order chi connectivity index (χ1) is 12.9. The molecule has 0 aliphatic heterocycles. The maximum Gasteiger partial charge on any atom is 0.240 e. The van der Waals surface area contributed by atoms with Gasteiger partial charge in [0.25, 0.3) is 0 Å². The van der Waals surface area contributed by atoms with Crippen molar-refractivity contribution >= 4 is 23.2 Å². The van der Waals surface area contributed by atoms with E-state index in [2.05, 4.69) is 15.8 Å². The molecule has 0 aliphatic rings. The lowest BCUT2D eigenvalue weighted by Crippen LogP contribution is -2.22. The summed E-state index contributed by atoms with van der Waals surface area (Å²) in [5, 5.41) is 16.3. The second-order valence-corrected chi connectivity index (χ2v) is 6.34. The van der Waals surface area contributed by atoms with Crippen LogP contribution in [0.15, 0.2) is 47.6 Å². The molecule has 0 fully saturated rings. The number of amides is 2. The van der Waals surface area contributed by atoms with Crippen LogP contribution in [0, 0.1) is 13.8 Å². The topological polar surface area (TPSA) is 90.8 Å². The van der Waals surface area contributed by atoms with Gasteiger partial charge < -0.3 is 10.4 Å². The van der Waals surface area contributed by atoms with Crippen LogP contribution in [0.5, 0.6) is 5.75 Å². The summed E-state index contributed by atoms with van der Waals surface area (Å²) in [6, 6.07) is 12.3. The van der Waals surface area contributed by atoms with E-state index in [0.717, 1.165) is 22.4 Å². The maximum absolute atomic E-state index is 12.0. The van der Waals surface area contributed by atoms with Crippen LogP contribution in [0.2, 0.25) is 0 Å². The molecule has 0 bridgehead atoms. The number of nitrogens with zero attached hydrogens (tertiary/aromatic N) is 1. The molecule has 2 rings (SSSR count). The van der Waals surface area contributed by atoms with Crippen molar-refractivity contribution in [2.45, 2.75) is 40.0 Å². The smallest absolute Gasteiger partial charge is 0.240 e. The van der Waals surface area contributed by atoms with E-state index >= 15 is 0 Å². The summed E-state index contributed by atoms with van der Waals surface area (Å²) in [7, 11) is 0. The average molecular weight is 367 g/mol. The summed E-state index contributed by atoms with van der Waals surface area (Å²) in [6.07, 6.45) is 0.750. The van der Waals surface area contributed by atoms with Crippen molar-refractivity contribution < 1.29 is 14.7 Å². The summed E-state index contributed by atoms with van der Waals surface area (Å²) >= 11 is 0. The van der Waals surface area contributed by atoms with Crippen molar-refractivity contribution in [3.05, 3.63) is 59.2 Å². The fourth-order valence-electron chi connectivity index (χ4n) is 2.46. The summed E-state index contributed by atoms with van der Waals surface area (Å²) in [5.74, 6) is -0.366. The van der Waals surface area contributed by atoms with E-state index < -0.39 is 0 Å². The van der Waals surface area contributed by atoms with Gasteiger partial charge in [-0.3, -0.25) is 9.59 Å². The van der Waals surface area contributed by atoms with E-state index in [1.54, 1.807) is 24.3 Å². The van der Waals surface area contributed by atoms with Crippen LogP contribution in [0.4, 0.5) is 5.69 Å². The van der Waals surface area contributed by atoms with E-state index in [9.17, 15) is 14.7 Å².